The summed E-state index contributed by atoms with van der Waals surface area (Å²) >= 11 is 3.39. The lowest BCUT2D eigenvalue weighted by Crippen LogP contribution is -1.97. The molecule has 0 amide bonds. The van der Waals surface area contributed by atoms with Gasteiger partial charge >= 0.3 is 0 Å². The third kappa shape index (κ3) is 2.44. The van der Waals surface area contributed by atoms with Gasteiger partial charge in [-0.1, -0.05) is 0 Å². The SMILES string of the molecule is COc1ccc(-c2cncn2-c2ccc(Br)cn2)cc1. The zero-order valence-electron chi connectivity index (χ0n) is 10.8. The number of methoxy groups -OCH3 is 1. The Morgan fingerprint density at radius 3 is 2.50 bits per heavy atom. The summed E-state index contributed by atoms with van der Waals surface area (Å²) in [6, 6.07) is 11.8. The zero-order chi connectivity index (χ0) is 13.9. The van der Waals surface area contributed by atoms with Gasteiger partial charge in [-0.2, -0.15) is 0 Å². The van der Waals surface area contributed by atoms with Crippen LogP contribution >= 0.6 is 15.9 Å². The molecule has 0 saturated carbocycles. The Hall–Kier alpha value is -2.14. The fourth-order valence-electron chi connectivity index (χ4n) is 1.96. The van der Waals surface area contributed by atoms with Crippen molar-refractivity contribution in [2.24, 2.45) is 0 Å². The highest BCUT2D eigenvalue weighted by Crippen LogP contribution is 2.24. The number of halogens is 1. The Morgan fingerprint density at radius 2 is 1.85 bits per heavy atom. The van der Waals surface area contributed by atoms with Crippen molar-refractivity contribution < 1.29 is 4.74 Å². The molecule has 100 valence electrons. The van der Waals surface area contributed by atoms with E-state index in [1.807, 2.05) is 47.2 Å². The van der Waals surface area contributed by atoms with Gasteiger partial charge in [0.2, 0.25) is 0 Å². The summed E-state index contributed by atoms with van der Waals surface area (Å²) < 4.78 is 8.08. The van der Waals surface area contributed by atoms with Gasteiger partial charge in [-0.15, -0.1) is 0 Å². The van der Waals surface area contributed by atoms with Crippen molar-refractivity contribution in [3.05, 3.63) is 59.6 Å². The number of pyridine rings is 1. The van der Waals surface area contributed by atoms with Crippen molar-refractivity contribution in [2.75, 3.05) is 7.11 Å². The maximum atomic E-state index is 5.17. The molecule has 0 N–H and O–H groups in total. The fourth-order valence-corrected chi connectivity index (χ4v) is 2.20. The third-order valence-corrected chi connectivity index (χ3v) is 3.45. The van der Waals surface area contributed by atoms with Gasteiger partial charge in [-0.05, 0) is 52.3 Å². The quantitative estimate of drug-likeness (QED) is 0.735. The lowest BCUT2D eigenvalue weighted by atomic mass is 10.1. The first-order chi connectivity index (χ1) is 9.78. The number of nitrogens with zero attached hydrogens (tertiary/aromatic N) is 3. The molecule has 2 aromatic heterocycles. The minimum Gasteiger partial charge on any atom is -0.497 e. The van der Waals surface area contributed by atoms with E-state index in [0.29, 0.717) is 0 Å². The highest BCUT2D eigenvalue weighted by molar-refractivity contribution is 9.10. The van der Waals surface area contributed by atoms with Gasteiger partial charge in [0.25, 0.3) is 0 Å². The monoisotopic (exact) mass is 329 g/mol. The normalized spacial score (nSPS) is 10.5. The van der Waals surface area contributed by atoms with Crippen LogP contribution in [-0.4, -0.2) is 21.6 Å². The summed E-state index contributed by atoms with van der Waals surface area (Å²) in [5.41, 5.74) is 2.05. The number of hydrogen-bond donors (Lipinski definition) is 0. The highest BCUT2D eigenvalue weighted by atomic mass is 79.9. The van der Waals surface area contributed by atoms with Crippen LogP contribution in [0.25, 0.3) is 17.1 Å². The van der Waals surface area contributed by atoms with E-state index in [1.54, 1.807) is 19.6 Å². The first kappa shape index (κ1) is 12.9. The van der Waals surface area contributed by atoms with E-state index in [-0.39, 0.29) is 0 Å². The minimum absolute atomic E-state index is 0.830. The molecule has 2 heterocycles. The highest BCUT2D eigenvalue weighted by Gasteiger charge is 2.08. The lowest BCUT2D eigenvalue weighted by molar-refractivity contribution is 0.415. The van der Waals surface area contributed by atoms with E-state index < -0.39 is 0 Å². The molecule has 0 atom stereocenters. The minimum atomic E-state index is 0.830. The van der Waals surface area contributed by atoms with Crippen molar-refractivity contribution in [3.63, 3.8) is 0 Å². The third-order valence-electron chi connectivity index (χ3n) is 2.98. The van der Waals surface area contributed by atoms with Crippen LogP contribution in [0.5, 0.6) is 5.75 Å². The maximum absolute atomic E-state index is 5.17. The van der Waals surface area contributed by atoms with Crippen LogP contribution in [0.2, 0.25) is 0 Å². The zero-order valence-corrected chi connectivity index (χ0v) is 12.4. The van der Waals surface area contributed by atoms with Crippen LogP contribution in [0.1, 0.15) is 0 Å². The van der Waals surface area contributed by atoms with Crippen LogP contribution in [0.3, 0.4) is 0 Å². The molecular weight excluding hydrogens is 318 g/mol. The Balaban J connectivity index is 2.02. The van der Waals surface area contributed by atoms with Crippen molar-refractivity contribution in [3.8, 4) is 22.8 Å². The van der Waals surface area contributed by atoms with Gasteiger partial charge in [-0.3, -0.25) is 4.57 Å². The summed E-state index contributed by atoms with van der Waals surface area (Å²) in [6.07, 6.45) is 5.36. The molecule has 0 fully saturated rings. The molecule has 0 aliphatic heterocycles. The molecule has 1 aromatic carbocycles. The van der Waals surface area contributed by atoms with Crippen LogP contribution in [0.15, 0.2) is 59.6 Å². The summed E-state index contributed by atoms with van der Waals surface area (Å²) in [4.78, 5) is 8.61. The molecule has 0 aliphatic rings. The van der Waals surface area contributed by atoms with Crippen molar-refractivity contribution >= 4 is 15.9 Å². The molecule has 0 saturated heterocycles. The van der Waals surface area contributed by atoms with Gasteiger partial charge in [0, 0.05) is 16.2 Å². The predicted octanol–water partition coefficient (Wildman–Crippen LogP) is 3.71. The predicted molar refractivity (Wildman–Crippen MR) is 81.0 cm³/mol. The van der Waals surface area contributed by atoms with Gasteiger partial charge < -0.3 is 4.74 Å². The Morgan fingerprint density at radius 1 is 1.05 bits per heavy atom. The van der Waals surface area contributed by atoms with E-state index in [9.17, 15) is 0 Å². The standard InChI is InChI=1S/C15H12BrN3O/c1-20-13-5-2-11(3-6-13)14-9-17-10-19(14)15-7-4-12(16)8-18-15/h2-10H,1H3. The van der Waals surface area contributed by atoms with E-state index in [4.69, 9.17) is 4.74 Å². The van der Waals surface area contributed by atoms with Crippen LogP contribution < -0.4 is 4.74 Å². The molecule has 3 aromatic rings. The topological polar surface area (TPSA) is 39.9 Å². The van der Waals surface area contributed by atoms with Crippen LogP contribution in [0.4, 0.5) is 0 Å². The molecule has 0 spiro atoms. The molecule has 4 nitrogen and oxygen atoms in total. The number of aromatic nitrogens is 3. The number of benzene rings is 1. The maximum Gasteiger partial charge on any atom is 0.138 e. The van der Waals surface area contributed by atoms with Gasteiger partial charge in [0.15, 0.2) is 0 Å². The average Bonchev–Trinajstić information content (AvgIpc) is 2.97. The van der Waals surface area contributed by atoms with E-state index in [2.05, 4.69) is 25.9 Å². The van der Waals surface area contributed by atoms with E-state index in [0.717, 1.165) is 27.3 Å². The number of ether oxygens (including phenoxy) is 1. The average molecular weight is 330 g/mol. The number of imidazole rings is 1. The summed E-state index contributed by atoms with van der Waals surface area (Å²) in [5, 5.41) is 0. The molecule has 0 radical (unpaired) electrons. The number of hydrogen-bond acceptors (Lipinski definition) is 3. The molecule has 3 rings (SSSR count). The van der Waals surface area contributed by atoms with Gasteiger partial charge in [0.05, 0.1) is 19.0 Å². The van der Waals surface area contributed by atoms with Crippen molar-refractivity contribution in [1.29, 1.82) is 0 Å². The molecule has 0 aliphatic carbocycles. The van der Waals surface area contributed by atoms with E-state index >= 15 is 0 Å². The Bertz CT molecular complexity index is 705. The lowest BCUT2D eigenvalue weighted by Gasteiger charge is -2.08. The molecular formula is C15H12BrN3O. The second-order valence-electron chi connectivity index (χ2n) is 4.21. The van der Waals surface area contributed by atoms with Gasteiger partial charge in [0.1, 0.15) is 17.9 Å². The summed E-state index contributed by atoms with van der Waals surface area (Å²) in [5.74, 6) is 1.66. The summed E-state index contributed by atoms with van der Waals surface area (Å²) in [7, 11) is 1.66. The molecule has 5 heteroatoms. The number of rotatable bonds is 3. The molecule has 0 unspecified atom stereocenters. The van der Waals surface area contributed by atoms with Gasteiger partial charge in [-0.25, -0.2) is 9.97 Å². The van der Waals surface area contributed by atoms with Crippen molar-refractivity contribution in [1.82, 2.24) is 14.5 Å². The van der Waals surface area contributed by atoms with Crippen molar-refractivity contribution in [2.45, 2.75) is 0 Å². The molecule has 20 heavy (non-hydrogen) atoms. The fraction of sp³-hybridized carbons (Fsp3) is 0.0667. The Labute approximate surface area is 125 Å². The summed E-state index contributed by atoms with van der Waals surface area (Å²) in [6.45, 7) is 0. The van der Waals surface area contributed by atoms with E-state index in [1.165, 1.54) is 0 Å². The Kier molecular flexibility index (Phi) is 3.52. The first-order valence-corrected chi connectivity index (χ1v) is 6.86. The smallest absolute Gasteiger partial charge is 0.138 e. The second kappa shape index (κ2) is 5.46. The van der Waals surface area contributed by atoms with Crippen LogP contribution in [0, 0.1) is 0 Å². The molecule has 0 bridgehead atoms. The second-order valence-corrected chi connectivity index (χ2v) is 5.13. The first-order valence-electron chi connectivity index (χ1n) is 6.06. The van der Waals surface area contributed by atoms with Crippen LogP contribution in [-0.2, 0) is 0 Å². The largest absolute Gasteiger partial charge is 0.497 e.